The summed E-state index contributed by atoms with van der Waals surface area (Å²) in [5.74, 6) is -0.135. The van der Waals surface area contributed by atoms with Crippen molar-refractivity contribution in [3.63, 3.8) is 0 Å². The van der Waals surface area contributed by atoms with Crippen molar-refractivity contribution in [2.75, 3.05) is 5.88 Å². The van der Waals surface area contributed by atoms with Gasteiger partial charge in [0, 0.05) is 21.2 Å². The summed E-state index contributed by atoms with van der Waals surface area (Å²) in [7, 11) is 0.763. The summed E-state index contributed by atoms with van der Waals surface area (Å²) < 4.78 is 25.9. The van der Waals surface area contributed by atoms with E-state index in [2.05, 4.69) is 0 Å². The third-order valence-corrected chi connectivity index (χ3v) is 5.72. The van der Waals surface area contributed by atoms with E-state index >= 15 is 0 Å². The molecule has 0 N–H and O–H groups in total. The van der Waals surface area contributed by atoms with Gasteiger partial charge in [0.1, 0.15) is 11.6 Å². The van der Waals surface area contributed by atoms with Crippen molar-refractivity contribution in [1.82, 2.24) is 0 Å². The molecule has 2 rings (SSSR count). The Morgan fingerprint density at radius 2 is 1.17 bits per heavy atom. The molecule has 18 heavy (non-hydrogen) atoms. The lowest BCUT2D eigenvalue weighted by Crippen LogP contribution is -2.30. The van der Waals surface area contributed by atoms with Crippen LogP contribution in [0.15, 0.2) is 48.5 Å². The molecule has 0 aliphatic heterocycles. The van der Waals surface area contributed by atoms with Crippen LogP contribution in [-0.4, -0.2) is 16.1 Å². The zero-order chi connectivity index (χ0) is 13.2. The van der Waals surface area contributed by atoms with E-state index in [1.54, 1.807) is 24.3 Å². The Hall–Kier alpha value is -1.19. The molecular formula is C14H13ClF2Si. The first-order chi connectivity index (χ1) is 8.56. The monoisotopic (exact) mass is 282 g/mol. The molecule has 0 saturated carbocycles. The Morgan fingerprint density at radius 1 is 0.833 bits per heavy atom. The SMILES string of the molecule is Fc1ccc(C([SiH3])(CCl)c2ccc(F)cc2)cc1. The highest BCUT2D eigenvalue weighted by molar-refractivity contribution is 6.28. The molecule has 0 unspecified atom stereocenters. The van der Waals surface area contributed by atoms with Crippen LogP contribution < -0.4 is 0 Å². The van der Waals surface area contributed by atoms with Crippen molar-refractivity contribution in [2.45, 2.75) is 5.04 Å². The molecule has 0 spiro atoms. The molecule has 0 heterocycles. The summed E-state index contributed by atoms with van der Waals surface area (Å²) in [5, 5.41) is -0.317. The van der Waals surface area contributed by atoms with Crippen molar-refractivity contribution in [1.29, 1.82) is 0 Å². The Morgan fingerprint density at radius 3 is 1.44 bits per heavy atom. The fourth-order valence-electron chi connectivity index (χ4n) is 1.96. The molecule has 0 aliphatic carbocycles. The summed E-state index contributed by atoms with van der Waals surface area (Å²) in [5.41, 5.74) is 1.94. The highest BCUT2D eigenvalue weighted by atomic mass is 35.5. The zero-order valence-corrected chi connectivity index (χ0v) is 12.7. The van der Waals surface area contributed by atoms with E-state index in [-0.39, 0.29) is 16.7 Å². The fraction of sp³-hybridized carbons (Fsp3) is 0.143. The van der Waals surface area contributed by atoms with Crippen LogP contribution in [0.3, 0.4) is 0 Å². The van der Waals surface area contributed by atoms with Crippen molar-refractivity contribution in [3.05, 3.63) is 71.3 Å². The van der Waals surface area contributed by atoms with Gasteiger partial charge < -0.3 is 0 Å². The maximum atomic E-state index is 13.0. The molecule has 0 bridgehead atoms. The van der Waals surface area contributed by atoms with Crippen LogP contribution in [0.25, 0.3) is 0 Å². The normalized spacial score (nSPS) is 11.7. The van der Waals surface area contributed by atoms with Crippen molar-refractivity contribution in [3.8, 4) is 0 Å². The van der Waals surface area contributed by atoms with Gasteiger partial charge >= 0.3 is 0 Å². The first-order valence-electron chi connectivity index (χ1n) is 5.64. The second-order valence-electron chi connectivity index (χ2n) is 4.48. The third kappa shape index (κ3) is 2.47. The standard InChI is InChI=1S/C14H13ClF2Si/c15-9-14(18,10-1-5-12(16)6-2-10)11-3-7-13(17)8-4-11/h1-8H,9H2,18H3. The van der Waals surface area contributed by atoms with Crippen molar-refractivity contribution in [2.24, 2.45) is 0 Å². The Balaban J connectivity index is 2.47. The van der Waals surface area contributed by atoms with Crippen LogP contribution in [0.1, 0.15) is 11.1 Å². The molecule has 0 nitrogen and oxygen atoms in total. The van der Waals surface area contributed by atoms with Crippen LogP contribution in [0.4, 0.5) is 8.78 Å². The van der Waals surface area contributed by atoms with Gasteiger partial charge in [-0.1, -0.05) is 24.3 Å². The highest BCUT2D eigenvalue weighted by Gasteiger charge is 2.27. The lowest BCUT2D eigenvalue weighted by Gasteiger charge is -2.28. The molecule has 0 fully saturated rings. The van der Waals surface area contributed by atoms with E-state index in [1.165, 1.54) is 24.3 Å². The molecule has 0 aliphatic rings. The quantitative estimate of drug-likeness (QED) is 0.600. The van der Waals surface area contributed by atoms with Gasteiger partial charge in [-0.25, -0.2) is 8.78 Å². The van der Waals surface area contributed by atoms with Crippen LogP contribution in [-0.2, 0) is 5.04 Å². The number of hydrogen-bond acceptors (Lipinski definition) is 0. The van der Waals surface area contributed by atoms with Gasteiger partial charge in [-0.15, -0.1) is 11.6 Å². The molecule has 2 aromatic carbocycles. The molecule has 2 aromatic rings. The zero-order valence-electron chi connectivity index (χ0n) is 9.96. The van der Waals surface area contributed by atoms with E-state index in [1.807, 2.05) is 0 Å². The van der Waals surface area contributed by atoms with Crippen molar-refractivity contribution < 1.29 is 8.78 Å². The summed E-state index contributed by atoms with van der Waals surface area (Å²) in [4.78, 5) is 0. The molecule has 0 atom stereocenters. The van der Waals surface area contributed by atoms with Gasteiger partial charge in [0.05, 0.1) is 0 Å². The van der Waals surface area contributed by atoms with Gasteiger partial charge in [-0.2, -0.15) is 0 Å². The van der Waals surface area contributed by atoms with Crippen LogP contribution in [0, 0.1) is 11.6 Å². The second-order valence-corrected chi connectivity index (χ2v) is 6.45. The minimum atomic E-state index is -0.317. The van der Waals surface area contributed by atoms with E-state index < -0.39 is 0 Å². The van der Waals surface area contributed by atoms with Crippen LogP contribution in [0.5, 0.6) is 0 Å². The topological polar surface area (TPSA) is 0 Å². The molecule has 4 heteroatoms. The largest absolute Gasteiger partial charge is 0.207 e. The number of halogens is 3. The molecule has 0 radical (unpaired) electrons. The van der Waals surface area contributed by atoms with Crippen LogP contribution >= 0.6 is 11.6 Å². The predicted octanol–water partition coefficient (Wildman–Crippen LogP) is 2.81. The van der Waals surface area contributed by atoms with E-state index in [9.17, 15) is 8.78 Å². The van der Waals surface area contributed by atoms with E-state index in [0.29, 0.717) is 5.88 Å². The second kappa shape index (κ2) is 5.20. The maximum Gasteiger partial charge on any atom is 0.123 e. The average Bonchev–Trinajstić information content (AvgIpc) is 2.39. The minimum absolute atomic E-state index is 0.267. The van der Waals surface area contributed by atoms with Gasteiger partial charge in [-0.05, 0) is 35.4 Å². The lowest BCUT2D eigenvalue weighted by atomic mass is 9.91. The summed E-state index contributed by atoms with van der Waals surface area (Å²) in [6.07, 6.45) is 0. The number of benzene rings is 2. The van der Waals surface area contributed by atoms with Crippen molar-refractivity contribution >= 4 is 21.8 Å². The molecular weight excluding hydrogens is 270 g/mol. The number of alkyl halides is 1. The third-order valence-electron chi connectivity index (χ3n) is 3.23. The van der Waals surface area contributed by atoms with E-state index in [4.69, 9.17) is 11.6 Å². The summed E-state index contributed by atoms with van der Waals surface area (Å²) in [6.45, 7) is 0. The first-order valence-corrected chi connectivity index (χ1v) is 7.18. The number of hydrogen-bond donors (Lipinski definition) is 0. The first kappa shape index (κ1) is 13.2. The summed E-state index contributed by atoms with van der Waals surface area (Å²) >= 11 is 6.10. The number of rotatable bonds is 3. The van der Waals surface area contributed by atoms with Gasteiger partial charge in [0.2, 0.25) is 0 Å². The molecule has 0 saturated heterocycles. The predicted molar refractivity (Wildman–Crippen MR) is 74.2 cm³/mol. The molecule has 0 aromatic heterocycles. The smallest absolute Gasteiger partial charge is 0.123 e. The van der Waals surface area contributed by atoms with Gasteiger partial charge in [-0.3, -0.25) is 0 Å². The van der Waals surface area contributed by atoms with Gasteiger partial charge in [0.15, 0.2) is 0 Å². The minimum Gasteiger partial charge on any atom is -0.207 e. The maximum absolute atomic E-state index is 13.0. The summed E-state index contributed by atoms with van der Waals surface area (Å²) in [6, 6.07) is 12.7. The molecule has 0 amide bonds. The fourth-order valence-corrected chi connectivity index (χ4v) is 2.93. The average molecular weight is 283 g/mol. The Bertz CT molecular complexity index is 477. The Labute approximate surface area is 113 Å². The Kier molecular flexibility index (Phi) is 3.83. The van der Waals surface area contributed by atoms with E-state index in [0.717, 1.165) is 21.4 Å². The van der Waals surface area contributed by atoms with Crippen LogP contribution in [0.2, 0.25) is 0 Å². The highest BCUT2D eigenvalue weighted by Crippen LogP contribution is 2.30. The lowest BCUT2D eigenvalue weighted by molar-refractivity contribution is 0.624. The molecule has 94 valence electrons. The van der Waals surface area contributed by atoms with Gasteiger partial charge in [0.25, 0.3) is 0 Å².